The molecule has 0 spiro atoms. The summed E-state index contributed by atoms with van der Waals surface area (Å²) in [7, 11) is 1.92. The van der Waals surface area contributed by atoms with Gasteiger partial charge in [0.2, 0.25) is 0 Å². The number of hydrogen-bond donors (Lipinski definition) is 1. The molecule has 0 unspecified atom stereocenters. The predicted octanol–water partition coefficient (Wildman–Crippen LogP) is 4.56. The second kappa shape index (κ2) is 6.48. The lowest BCUT2D eigenvalue weighted by molar-refractivity contribution is 0.696. The van der Waals surface area contributed by atoms with Crippen LogP contribution in [0.3, 0.4) is 0 Å². The molecule has 0 atom stereocenters. The molecule has 0 radical (unpaired) electrons. The van der Waals surface area contributed by atoms with Crippen molar-refractivity contribution in [1.82, 2.24) is 9.97 Å². The minimum absolute atomic E-state index is 0.601. The highest BCUT2D eigenvalue weighted by atomic mass is 32.2. The monoisotopic (exact) mass is 299 g/mol. The summed E-state index contributed by atoms with van der Waals surface area (Å²) < 4.78 is 0. The molecule has 1 aliphatic carbocycles. The number of nitrogens with zero attached hydrogens (tertiary/aromatic N) is 2. The predicted molar refractivity (Wildman–Crippen MR) is 90.0 cm³/mol. The van der Waals surface area contributed by atoms with Gasteiger partial charge >= 0.3 is 0 Å². The van der Waals surface area contributed by atoms with E-state index in [1.165, 1.54) is 36.3 Å². The van der Waals surface area contributed by atoms with Crippen molar-refractivity contribution in [2.45, 2.75) is 36.5 Å². The summed E-state index contributed by atoms with van der Waals surface area (Å²) in [5, 5.41) is 3.17. The van der Waals surface area contributed by atoms with Crippen LogP contribution in [-0.4, -0.2) is 23.3 Å². The molecule has 4 heteroatoms. The number of anilines is 1. The topological polar surface area (TPSA) is 37.8 Å². The van der Waals surface area contributed by atoms with E-state index >= 15 is 0 Å². The molecule has 0 saturated heterocycles. The normalized spacial score (nSPS) is 15.3. The first-order chi connectivity index (χ1) is 10.3. The van der Waals surface area contributed by atoms with Crippen molar-refractivity contribution in [1.29, 1.82) is 0 Å². The van der Waals surface area contributed by atoms with Crippen LogP contribution >= 0.6 is 11.8 Å². The Balaban J connectivity index is 1.97. The molecule has 1 aromatic heterocycles. The summed E-state index contributed by atoms with van der Waals surface area (Å²) >= 11 is 1.75. The zero-order valence-corrected chi connectivity index (χ0v) is 13.4. The molecule has 1 saturated carbocycles. The first-order valence-electron chi connectivity index (χ1n) is 7.51. The van der Waals surface area contributed by atoms with E-state index in [9.17, 15) is 0 Å². The van der Waals surface area contributed by atoms with E-state index in [1.54, 1.807) is 11.8 Å². The third-order valence-corrected chi connectivity index (χ3v) is 4.87. The highest BCUT2D eigenvalue weighted by Crippen LogP contribution is 2.34. The van der Waals surface area contributed by atoms with Gasteiger partial charge in [0, 0.05) is 35.2 Å². The molecule has 21 heavy (non-hydrogen) atoms. The summed E-state index contributed by atoms with van der Waals surface area (Å²) in [4.78, 5) is 10.7. The van der Waals surface area contributed by atoms with E-state index in [0.717, 1.165) is 17.2 Å². The first-order valence-corrected chi connectivity index (χ1v) is 8.74. The smallest absolute Gasteiger partial charge is 0.161 e. The maximum absolute atomic E-state index is 4.83. The fourth-order valence-electron chi connectivity index (χ4n) is 2.89. The van der Waals surface area contributed by atoms with E-state index in [-0.39, 0.29) is 0 Å². The molecule has 1 N–H and O–H groups in total. The lowest BCUT2D eigenvalue weighted by Crippen LogP contribution is -2.03. The Morgan fingerprint density at radius 1 is 1.10 bits per heavy atom. The number of nitrogens with one attached hydrogen (secondary N) is 1. The van der Waals surface area contributed by atoms with Crippen LogP contribution in [0.15, 0.2) is 35.2 Å². The van der Waals surface area contributed by atoms with Crippen LogP contribution in [0.2, 0.25) is 0 Å². The Morgan fingerprint density at radius 3 is 2.43 bits per heavy atom. The highest BCUT2D eigenvalue weighted by molar-refractivity contribution is 7.98. The van der Waals surface area contributed by atoms with Crippen molar-refractivity contribution < 1.29 is 0 Å². The summed E-state index contributed by atoms with van der Waals surface area (Å²) in [6.45, 7) is 0. The molecule has 1 aliphatic rings. The molecule has 3 nitrogen and oxygen atoms in total. The summed E-state index contributed by atoms with van der Waals surface area (Å²) in [5.41, 5.74) is 2.28. The van der Waals surface area contributed by atoms with Crippen LogP contribution in [0.5, 0.6) is 0 Å². The molecule has 0 amide bonds. The quantitative estimate of drug-likeness (QED) is 0.840. The van der Waals surface area contributed by atoms with E-state index in [1.807, 2.05) is 7.05 Å². The van der Waals surface area contributed by atoms with E-state index in [4.69, 9.17) is 4.98 Å². The third kappa shape index (κ3) is 3.21. The molecule has 3 rings (SSSR count). The van der Waals surface area contributed by atoms with Crippen LogP contribution in [-0.2, 0) is 0 Å². The Labute approximate surface area is 130 Å². The van der Waals surface area contributed by atoms with Crippen molar-refractivity contribution >= 4 is 17.6 Å². The molecular formula is C17H21N3S. The van der Waals surface area contributed by atoms with Gasteiger partial charge in [-0.3, -0.25) is 0 Å². The van der Waals surface area contributed by atoms with E-state index < -0.39 is 0 Å². The molecule has 110 valence electrons. The molecule has 0 bridgehead atoms. The maximum Gasteiger partial charge on any atom is 0.161 e. The van der Waals surface area contributed by atoms with Gasteiger partial charge in [0.25, 0.3) is 0 Å². The van der Waals surface area contributed by atoms with Crippen LogP contribution in [0, 0.1) is 0 Å². The van der Waals surface area contributed by atoms with Gasteiger partial charge in [-0.25, -0.2) is 9.97 Å². The van der Waals surface area contributed by atoms with Crippen LogP contribution in [0.1, 0.15) is 37.3 Å². The lowest BCUT2D eigenvalue weighted by Gasteiger charge is -2.12. The average molecular weight is 299 g/mol. The molecule has 1 fully saturated rings. The highest BCUT2D eigenvalue weighted by Gasteiger charge is 2.20. The fourth-order valence-corrected chi connectivity index (χ4v) is 3.30. The van der Waals surface area contributed by atoms with Gasteiger partial charge < -0.3 is 5.32 Å². The van der Waals surface area contributed by atoms with Gasteiger partial charge in [0.1, 0.15) is 5.82 Å². The van der Waals surface area contributed by atoms with Gasteiger partial charge in [-0.05, 0) is 31.2 Å². The molecular weight excluding hydrogens is 278 g/mol. The summed E-state index contributed by atoms with van der Waals surface area (Å²) in [6.07, 6.45) is 7.24. The Kier molecular flexibility index (Phi) is 4.44. The van der Waals surface area contributed by atoms with Crippen LogP contribution in [0.25, 0.3) is 11.4 Å². The molecule has 2 aromatic rings. The number of thioether (sulfide) groups is 1. The maximum atomic E-state index is 4.83. The zero-order chi connectivity index (χ0) is 14.7. The van der Waals surface area contributed by atoms with Crippen LogP contribution in [0.4, 0.5) is 5.82 Å². The van der Waals surface area contributed by atoms with Crippen molar-refractivity contribution in [2.75, 3.05) is 18.6 Å². The Morgan fingerprint density at radius 2 is 1.81 bits per heavy atom. The van der Waals surface area contributed by atoms with Gasteiger partial charge in [-0.2, -0.15) is 0 Å². The first kappa shape index (κ1) is 14.4. The number of benzene rings is 1. The summed E-state index contributed by atoms with van der Waals surface area (Å²) in [5.74, 6) is 2.34. The number of aromatic nitrogens is 2. The minimum Gasteiger partial charge on any atom is -0.373 e. The molecule has 1 aromatic carbocycles. The van der Waals surface area contributed by atoms with Crippen molar-refractivity contribution in [3.63, 3.8) is 0 Å². The standard InChI is InChI=1S/C17H21N3S/c1-18-16-11-15(12-5-3-4-6-12)19-17(20-16)13-7-9-14(21-2)10-8-13/h7-12H,3-6H2,1-2H3,(H,18,19,20). The Bertz CT molecular complexity index is 604. The van der Waals surface area contributed by atoms with Crippen molar-refractivity contribution in [3.8, 4) is 11.4 Å². The number of rotatable bonds is 4. The van der Waals surface area contributed by atoms with Crippen molar-refractivity contribution in [2.24, 2.45) is 0 Å². The number of hydrogen-bond acceptors (Lipinski definition) is 4. The molecule has 1 heterocycles. The fraction of sp³-hybridized carbons (Fsp3) is 0.412. The van der Waals surface area contributed by atoms with Gasteiger partial charge in [0.15, 0.2) is 5.82 Å². The second-order valence-corrected chi connectivity index (χ2v) is 6.34. The second-order valence-electron chi connectivity index (χ2n) is 5.46. The SMILES string of the molecule is CNc1cc(C2CCCC2)nc(-c2ccc(SC)cc2)n1. The zero-order valence-electron chi connectivity index (χ0n) is 12.6. The van der Waals surface area contributed by atoms with Gasteiger partial charge in [0.05, 0.1) is 0 Å². The largest absolute Gasteiger partial charge is 0.373 e. The Hall–Kier alpha value is -1.55. The minimum atomic E-state index is 0.601. The lowest BCUT2D eigenvalue weighted by atomic mass is 10.0. The van der Waals surface area contributed by atoms with Gasteiger partial charge in [-0.15, -0.1) is 11.8 Å². The van der Waals surface area contributed by atoms with Crippen molar-refractivity contribution in [3.05, 3.63) is 36.0 Å². The van der Waals surface area contributed by atoms with Crippen LogP contribution < -0.4 is 5.32 Å². The van der Waals surface area contributed by atoms with E-state index in [0.29, 0.717) is 5.92 Å². The van der Waals surface area contributed by atoms with E-state index in [2.05, 4.69) is 46.9 Å². The summed E-state index contributed by atoms with van der Waals surface area (Å²) in [6, 6.07) is 10.6. The molecule has 0 aliphatic heterocycles. The average Bonchev–Trinajstić information content (AvgIpc) is 3.09. The third-order valence-electron chi connectivity index (χ3n) is 4.12. The van der Waals surface area contributed by atoms with Gasteiger partial charge in [-0.1, -0.05) is 25.0 Å².